The van der Waals surface area contributed by atoms with Crippen LogP contribution in [0.2, 0.25) is 0 Å². The summed E-state index contributed by atoms with van der Waals surface area (Å²) in [5.41, 5.74) is 5.87. The fourth-order valence-electron chi connectivity index (χ4n) is 2.49. The second kappa shape index (κ2) is 11.0. The molecule has 1 atom stereocenters. The number of amides is 3. The Bertz CT molecular complexity index is 890. The zero-order valence-corrected chi connectivity index (χ0v) is 16.3. The van der Waals surface area contributed by atoms with Crippen LogP contribution in [0.4, 0.5) is 13.2 Å². The predicted molar refractivity (Wildman–Crippen MR) is 104 cm³/mol. The van der Waals surface area contributed by atoms with Crippen LogP contribution in [0.15, 0.2) is 48.7 Å². The minimum absolute atomic E-state index is 0.0160. The first-order chi connectivity index (χ1) is 14.6. The summed E-state index contributed by atoms with van der Waals surface area (Å²) in [6, 6.07) is 10.3. The van der Waals surface area contributed by atoms with Gasteiger partial charge in [-0.25, -0.2) is 4.98 Å². The van der Waals surface area contributed by atoms with Gasteiger partial charge < -0.3 is 21.1 Å². The molecule has 0 radical (unpaired) electrons. The molecular formula is C20H21F3N4O4. The second-order valence-electron chi connectivity index (χ2n) is 6.51. The van der Waals surface area contributed by atoms with Crippen LogP contribution >= 0.6 is 0 Å². The highest BCUT2D eigenvalue weighted by Gasteiger charge is 2.28. The average molecular weight is 438 g/mol. The number of rotatable bonds is 10. The molecule has 11 heteroatoms. The van der Waals surface area contributed by atoms with Crippen LogP contribution in [0.5, 0.6) is 5.88 Å². The number of ether oxygens (including phenoxy) is 1. The molecule has 2 rings (SSSR count). The Morgan fingerprint density at radius 2 is 1.81 bits per heavy atom. The first-order valence-electron chi connectivity index (χ1n) is 9.20. The Morgan fingerprint density at radius 3 is 2.39 bits per heavy atom. The number of carbonyl (C=O) groups is 3. The number of pyridine rings is 1. The fraction of sp³-hybridized carbons (Fsp3) is 0.300. The van der Waals surface area contributed by atoms with E-state index in [1.807, 2.05) is 0 Å². The molecule has 4 N–H and O–H groups in total. The molecule has 1 aromatic carbocycles. The zero-order valence-electron chi connectivity index (χ0n) is 16.3. The molecule has 0 spiro atoms. The predicted octanol–water partition coefficient (Wildman–Crippen LogP) is 1.36. The van der Waals surface area contributed by atoms with Crippen molar-refractivity contribution in [3.8, 4) is 5.88 Å². The second-order valence-corrected chi connectivity index (χ2v) is 6.51. The Morgan fingerprint density at radius 1 is 1.10 bits per heavy atom. The summed E-state index contributed by atoms with van der Waals surface area (Å²) in [6.07, 6.45) is -3.34. The van der Waals surface area contributed by atoms with E-state index in [9.17, 15) is 27.6 Å². The van der Waals surface area contributed by atoms with Gasteiger partial charge in [0.25, 0.3) is 5.91 Å². The van der Waals surface area contributed by atoms with Gasteiger partial charge in [-0.3, -0.25) is 14.4 Å². The van der Waals surface area contributed by atoms with Gasteiger partial charge >= 0.3 is 6.18 Å². The summed E-state index contributed by atoms with van der Waals surface area (Å²) in [6.45, 7) is -1.49. The molecule has 0 aliphatic heterocycles. The Balaban J connectivity index is 2.05. The smallest absolute Gasteiger partial charge is 0.422 e. The van der Waals surface area contributed by atoms with E-state index in [2.05, 4.69) is 20.4 Å². The van der Waals surface area contributed by atoms with E-state index >= 15 is 0 Å². The number of aromatic nitrogens is 1. The number of nitrogens with one attached hydrogen (secondary N) is 2. The van der Waals surface area contributed by atoms with E-state index in [-0.39, 0.29) is 30.8 Å². The van der Waals surface area contributed by atoms with Crippen molar-refractivity contribution in [1.29, 1.82) is 0 Å². The standard InChI is InChI=1S/C20H21F3N4O4/c21-20(22,23)12-31-17-7-6-14(11-26-17)18(29)27-15(10-13-4-2-1-3-5-13)19(30)25-9-8-16(24)28/h1-7,11,15H,8-10,12H2,(H2,24,28)(H,25,30)(H,27,29)/t15-/m1/s1. The van der Waals surface area contributed by atoms with Crippen LogP contribution in [-0.4, -0.2) is 48.1 Å². The lowest BCUT2D eigenvalue weighted by Gasteiger charge is -2.18. The largest absolute Gasteiger partial charge is 0.468 e. The van der Waals surface area contributed by atoms with E-state index < -0.39 is 36.5 Å². The maximum atomic E-state index is 12.5. The van der Waals surface area contributed by atoms with Crippen molar-refractivity contribution in [1.82, 2.24) is 15.6 Å². The topological polar surface area (TPSA) is 123 Å². The Hall–Kier alpha value is -3.63. The van der Waals surface area contributed by atoms with E-state index in [1.165, 1.54) is 6.07 Å². The quantitative estimate of drug-likeness (QED) is 0.517. The van der Waals surface area contributed by atoms with Crippen molar-refractivity contribution in [2.45, 2.75) is 25.1 Å². The van der Waals surface area contributed by atoms with Gasteiger partial charge in [0.05, 0.1) is 5.56 Å². The van der Waals surface area contributed by atoms with Crippen LogP contribution in [0.25, 0.3) is 0 Å². The van der Waals surface area contributed by atoms with E-state index in [0.717, 1.165) is 17.8 Å². The third-order valence-corrected chi connectivity index (χ3v) is 3.96. The highest BCUT2D eigenvalue weighted by atomic mass is 19.4. The SMILES string of the molecule is NC(=O)CCNC(=O)[C@@H](Cc1ccccc1)NC(=O)c1ccc(OCC(F)(F)F)nc1. The van der Waals surface area contributed by atoms with Gasteiger partial charge in [0.1, 0.15) is 6.04 Å². The maximum Gasteiger partial charge on any atom is 0.422 e. The first kappa shape index (κ1) is 23.6. The number of nitrogens with zero attached hydrogens (tertiary/aromatic N) is 1. The highest BCUT2D eigenvalue weighted by Crippen LogP contribution is 2.17. The van der Waals surface area contributed by atoms with Crippen molar-refractivity contribution in [2.75, 3.05) is 13.2 Å². The van der Waals surface area contributed by atoms with Crippen molar-refractivity contribution in [3.63, 3.8) is 0 Å². The lowest BCUT2D eigenvalue weighted by Crippen LogP contribution is -2.48. The normalized spacial score (nSPS) is 12.0. The number of primary amides is 1. The third-order valence-electron chi connectivity index (χ3n) is 3.96. The van der Waals surface area contributed by atoms with Crippen LogP contribution < -0.4 is 21.1 Å². The molecule has 1 aromatic heterocycles. The minimum atomic E-state index is -4.51. The van der Waals surface area contributed by atoms with Crippen LogP contribution in [0.3, 0.4) is 0 Å². The number of benzene rings is 1. The van der Waals surface area contributed by atoms with E-state index in [1.54, 1.807) is 30.3 Å². The number of nitrogens with two attached hydrogens (primary N) is 1. The molecule has 0 saturated heterocycles. The number of halogens is 3. The fourth-order valence-corrected chi connectivity index (χ4v) is 2.49. The molecule has 0 bridgehead atoms. The molecule has 31 heavy (non-hydrogen) atoms. The summed E-state index contributed by atoms with van der Waals surface area (Å²) >= 11 is 0. The van der Waals surface area contributed by atoms with Crippen LogP contribution in [0.1, 0.15) is 22.3 Å². The molecule has 0 saturated carbocycles. The molecule has 166 valence electrons. The molecule has 2 aromatic rings. The molecule has 0 fully saturated rings. The molecule has 0 unspecified atom stereocenters. The molecule has 3 amide bonds. The highest BCUT2D eigenvalue weighted by molar-refractivity contribution is 5.97. The molecule has 0 aliphatic carbocycles. The van der Waals surface area contributed by atoms with E-state index in [0.29, 0.717) is 0 Å². The van der Waals surface area contributed by atoms with Gasteiger partial charge in [-0.1, -0.05) is 30.3 Å². The summed E-state index contributed by atoms with van der Waals surface area (Å²) in [7, 11) is 0. The number of alkyl halides is 3. The Labute approximate surface area is 176 Å². The summed E-state index contributed by atoms with van der Waals surface area (Å²) < 4.78 is 41.1. The number of hydrogen-bond donors (Lipinski definition) is 3. The Kier molecular flexibility index (Phi) is 8.35. The summed E-state index contributed by atoms with van der Waals surface area (Å²) in [5, 5.41) is 5.10. The first-order valence-corrected chi connectivity index (χ1v) is 9.20. The van der Waals surface area contributed by atoms with Gasteiger partial charge in [0.2, 0.25) is 17.7 Å². The molecule has 1 heterocycles. The molecule has 0 aliphatic rings. The number of hydrogen-bond acceptors (Lipinski definition) is 5. The third kappa shape index (κ3) is 8.72. The van der Waals surface area contributed by atoms with Crippen molar-refractivity contribution >= 4 is 17.7 Å². The van der Waals surface area contributed by atoms with Crippen molar-refractivity contribution < 1.29 is 32.3 Å². The van der Waals surface area contributed by atoms with E-state index in [4.69, 9.17) is 5.73 Å². The lowest BCUT2D eigenvalue weighted by molar-refractivity contribution is -0.154. The minimum Gasteiger partial charge on any atom is -0.468 e. The average Bonchev–Trinajstić information content (AvgIpc) is 2.72. The zero-order chi connectivity index (χ0) is 22.9. The van der Waals surface area contributed by atoms with Crippen LogP contribution in [0, 0.1) is 0 Å². The van der Waals surface area contributed by atoms with Gasteiger partial charge in [-0.15, -0.1) is 0 Å². The van der Waals surface area contributed by atoms with Crippen molar-refractivity contribution in [2.24, 2.45) is 5.73 Å². The summed E-state index contributed by atoms with van der Waals surface area (Å²) in [4.78, 5) is 39.6. The monoisotopic (exact) mass is 438 g/mol. The van der Waals surface area contributed by atoms with Gasteiger partial charge in [0, 0.05) is 31.6 Å². The number of carbonyl (C=O) groups excluding carboxylic acids is 3. The van der Waals surface area contributed by atoms with Gasteiger partial charge in [-0.2, -0.15) is 13.2 Å². The molecule has 8 nitrogen and oxygen atoms in total. The van der Waals surface area contributed by atoms with Crippen LogP contribution in [-0.2, 0) is 16.0 Å². The lowest BCUT2D eigenvalue weighted by atomic mass is 10.0. The van der Waals surface area contributed by atoms with Gasteiger partial charge in [0.15, 0.2) is 6.61 Å². The van der Waals surface area contributed by atoms with Gasteiger partial charge in [-0.05, 0) is 11.6 Å². The van der Waals surface area contributed by atoms with Crippen molar-refractivity contribution in [3.05, 3.63) is 59.8 Å². The molecular weight excluding hydrogens is 417 g/mol. The maximum absolute atomic E-state index is 12.5. The summed E-state index contributed by atoms with van der Waals surface area (Å²) in [5.74, 6) is -2.04.